The second-order valence-electron chi connectivity index (χ2n) is 8.25. The number of hydrogen-bond acceptors (Lipinski definition) is 4. The lowest BCUT2D eigenvalue weighted by molar-refractivity contribution is -0.151. The molecule has 1 atom stereocenters. The maximum Gasteiger partial charge on any atom is 0.310 e. The Morgan fingerprint density at radius 1 is 1.06 bits per heavy atom. The molecule has 1 aliphatic heterocycles. The van der Waals surface area contributed by atoms with E-state index in [1.165, 1.54) is 5.56 Å². The first-order valence-corrected chi connectivity index (χ1v) is 11.8. The zero-order chi connectivity index (χ0) is 22.5. The van der Waals surface area contributed by atoms with E-state index < -0.39 is 0 Å². The summed E-state index contributed by atoms with van der Waals surface area (Å²) in [7, 11) is 0. The molecule has 31 heavy (non-hydrogen) atoms. The van der Waals surface area contributed by atoms with Crippen LogP contribution in [0.2, 0.25) is 0 Å². The predicted molar refractivity (Wildman–Crippen MR) is 121 cm³/mol. The molecule has 1 aromatic carbocycles. The SMILES string of the molecule is CCCCCC(=O)N(CCC(=O)N1CCCC(C(=O)OCC)C1)CCc1ccccc1. The molecule has 0 aromatic heterocycles. The van der Waals surface area contributed by atoms with Crippen molar-refractivity contribution < 1.29 is 19.1 Å². The van der Waals surface area contributed by atoms with Crippen molar-refractivity contribution in [3.8, 4) is 0 Å². The highest BCUT2D eigenvalue weighted by Crippen LogP contribution is 2.19. The Hall–Kier alpha value is -2.37. The van der Waals surface area contributed by atoms with E-state index in [0.29, 0.717) is 45.6 Å². The van der Waals surface area contributed by atoms with E-state index in [1.54, 1.807) is 11.8 Å². The van der Waals surface area contributed by atoms with Gasteiger partial charge in [-0.1, -0.05) is 50.1 Å². The van der Waals surface area contributed by atoms with E-state index in [9.17, 15) is 14.4 Å². The van der Waals surface area contributed by atoms with Gasteiger partial charge in [-0.25, -0.2) is 0 Å². The second-order valence-corrected chi connectivity index (χ2v) is 8.25. The first-order valence-electron chi connectivity index (χ1n) is 11.8. The van der Waals surface area contributed by atoms with Gasteiger partial charge in [-0.2, -0.15) is 0 Å². The van der Waals surface area contributed by atoms with Gasteiger partial charge in [-0.15, -0.1) is 0 Å². The Kier molecular flexibility index (Phi) is 11.1. The number of ether oxygens (including phenoxy) is 1. The average molecular weight is 431 g/mol. The van der Waals surface area contributed by atoms with Crippen LogP contribution in [0.5, 0.6) is 0 Å². The molecule has 1 aromatic rings. The summed E-state index contributed by atoms with van der Waals surface area (Å²) in [4.78, 5) is 41.3. The zero-order valence-electron chi connectivity index (χ0n) is 19.2. The number of rotatable bonds is 12. The monoisotopic (exact) mass is 430 g/mol. The van der Waals surface area contributed by atoms with Gasteiger partial charge in [-0.05, 0) is 38.2 Å². The van der Waals surface area contributed by atoms with Crippen molar-refractivity contribution in [1.29, 1.82) is 0 Å². The molecule has 0 saturated carbocycles. The van der Waals surface area contributed by atoms with Crippen molar-refractivity contribution in [1.82, 2.24) is 9.80 Å². The van der Waals surface area contributed by atoms with Crippen molar-refractivity contribution in [3.05, 3.63) is 35.9 Å². The summed E-state index contributed by atoms with van der Waals surface area (Å²) < 4.78 is 5.13. The van der Waals surface area contributed by atoms with Gasteiger partial charge in [0.05, 0.1) is 12.5 Å². The summed E-state index contributed by atoms with van der Waals surface area (Å²) in [5, 5.41) is 0. The number of carbonyl (C=O) groups is 3. The first-order chi connectivity index (χ1) is 15.0. The minimum Gasteiger partial charge on any atom is -0.466 e. The molecule has 1 heterocycles. The molecular weight excluding hydrogens is 392 g/mol. The van der Waals surface area contributed by atoms with Gasteiger partial charge in [0.1, 0.15) is 0 Å². The third-order valence-corrected chi connectivity index (χ3v) is 5.85. The molecule has 0 bridgehead atoms. The van der Waals surface area contributed by atoms with Gasteiger partial charge in [0.2, 0.25) is 11.8 Å². The number of benzene rings is 1. The smallest absolute Gasteiger partial charge is 0.310 e. The number of likely N-dealkylation sites (tertiary alicyclic amines) is 1. The molecular formula is C25H38N2O4. The van der Waals surface area contributed by atoms with Crippen molar-refractivity contribution in [3.63, 3.8) is 0 Å². The molecule has 0 spiro atoms. The fourth-order valence-corrected chi connectivity index (χ4v) is 4.00. The molecule has 1 saturated heterocycles. The van der Waals surface area contributed by atoms with Gasteiger partial charge in [0, 0.05) is 39.0 Å². The fourth-order valence-electron chi connectivity index (χ4n) is 4.00. The number of hydrogen-bond donors (Lipinski definition) is 0. The molecule has 0 aliphatic carbocycles. The van der Waals surface area contributed by atoms with Gasteiger partial charge in [0.25, 0.3) is 0 Å². The van der Waals surface area contributed by atoms with Crippen molar-refractivity contribution in [2.75, 3.05) is 32.8 Å². The van der Waals surface area contributed by atoms with Crippen LogP contribution in [-0.4, -0.2) is 60.4 Å². The number of piperidine rings is 1. The molecule has 1 unspecified atom stereocenters. The van der Waals surface area contributed by atoms with Crippen LogP contribution in [0.3, 0.4) is 0 Å². The van der Waals surface area contributed by atoms with Crippen LogP contribution < -0.4 is 0 Å². The summed E-state index contributed by atoms with van der Waals surface area (Å²) in [5.74, 6) is -0.307. The molecule has 2 rings (SSSR count). The van der Waals surface area contributed by atoms with Gasteiger partial charge in [0.15, 0.2) is 0 Å². The van der Waals surface area contributed by atoms with Gasteiger partial charge in [-0.3, -0.25) is 14.4 Å². The highest BCUT2D eigenvalue weighted by molar-refractivity contribution is 5.80. The van der Waals surface area contributed by atoms with E-state index in [1.807, 2.05) is 23.1 Å². The summed E-state index contributed by atoms with van der Waals surface area (Å²) >= 11 is 0. The Balaban J connectivity index is 1.90. The molecule has 0 radical (unpaired) electrons. The van der Waals surface area contributed by atoms with Gasteiger partial charge >= 0.3 is 5.97 Å². The summed E-state index contributed by atoms with van der Waals surface area (Å²) in [6.07, 6.45) is 6.19. The lowest BCUT2D eigenvalue weighted by Crippen LogP contribution is -2.44. The Labute approximate surface area is 186 Å². The summed E-state index contributed by atoms with van der Waals surface area (Å²) in [6, 6.07) is 10.1. The molecule has 1 aliphatic rings. The standard InChI is InChI=1S/C25H38N2O4/c1-3-5-7-14-23(28)26(18-15-21-11-8-6-9-12-21)19-16-24(29)27-17-10-13-22(20-27)25(30)31-4-2/h6,8-9,11-12,22H,3-5,7,10,13-20H2,1-2H3. The maximum atomic E-state index is 12.8. The number of carbonyl (C=O) groups excluding carboxylic acids is 3. The Morgan fingerprint density at radius 2 is 1.84 bits per heavy atom. The molecule has 2 amide bonds. The number of esters is 1. The van der Waals surface area contributed by atoms with E-state index in [2.05, 4.69) is 19.1 Å². The Morgan fingerprint density at radius 3 is 2.55 bits per heavy atom. The van der Waals surface area contributed by atoms with Crippen LogP contribution in [0.4, 0.5) is 0 Å². The third-order valence-electron chi connectivity index (χ3n) is 5.85. The van der Waals surface area contributed by atoms with Gasteiger partial charge < -0.3 is 14.5 Å². The third kappa shape index (κ3) is 8.72. The van der Waals surface area contributed by atoms with Crippen molar-refractivity contribution in [2.45, 2.75) is 65.2 Å². The van der Waals surface area contributed by atoms with E-state index in [4.69, 9.17) is 4.74 Å². The topological polar surface area (TPSA) is 66.9 Å². The quantitative estimate of drug-likeness (QED) is 0.373. The number of amides is 2. The van der Waals surface area contributed by atoms with E-state index >= 15 is 0 Å². The predicted octanol–water partition coefficient (Wildman–Crippen LogP) is 3.83. The maximum absolute atomic E-state index is 12.8. The van der Waals surface area contributed by atoms with Crippen LogP contribution in [0.1, 0.15) is 64.4 Å². The molecule has 6 nitrogen and oxygen atoms in total. The number of nitrogens with zero attached hydrogens (tertiary/aromatic N) is 2. The molecule has 6 heteroatoms. The van der Waals surface area contributed by atoms with Crippen LogP contribution in [-0.2, 0) is 25.5 Å². The van der Waals surface area contributed by atoms with Crippen LogP contribution >= 0.6 is 0 Å². The van der Waals surface area contributed by atoms with Crippen molar-refractivity contribution in [2.24, 2.45) is 5.92 Å². The van der Waals surface area contributed by atoms with Crippen LogP contribution in [0.15, 0.2) is 30.3 Å². The average Bonchev–Trinajstić information content (AvgIpc) is 2.80. The minimum absolute atomic E-state index is 0.0140. The fraction of sp³-hybridized carbons (Fsp3) is 0.640. The largest absolute Gasteiger partial charge is 0.466 e. The first kappa shape index (κ1) is 24.9. The zero-order valence-corrected chi connectivity index (χ0v) is 19.2. The van der Waals surface area contributed by atoms with Crippen LogP contribution in [0, 0.1) is 5.92 Å². The minimum atomic E-state index is -0.234. The molecule has 172 valence electrons. The van der Waals surface area contributed by atoms with Crippen molar-refractivity contribution >= 4 is 17.8 Å². The summed E-state index contributed by atoms with van der Waals surface area (Å²) in [6.45, 7) is 6.42. The Bertz CT molecular complexity index is 692. The molecule has 1 fully saturated rings. The highest BCUT2D eigenvalue weighted by Gasteiger charge is 2.29. The van der Waals surface area contributed by atoms with E-state index in [-0.39, 0.29) is 23.7 Å². The lowest BCUT2D eigenvalue weighted by Gasteiger charge is -2.32. The normalized spacial score (nSPS) is 16.1. The lowest BCUT2D eigenvalue weighted by atomic mass is 9.98. The summed E-state index contributed by atoms with van der Waals surface area (Å²) in [5.41, 5.74) is 1.19. The second kappa shape index (κ2) is 13.8. The highest BCUT2D eigenvalue weighted by atomic mass is 16.5. The van der Waals surface area contributed by atoms with Crippen LogP contribution in [0.25, 0.3) is 0 Å². The molecule has 0 N–H and O–H groups in total. The number of unbranched alkanes of at least 4 members (excludes halogenated alkanes) is 2. The van der Waals surface area contributed by atoms with E-state index in [0.717, 1.165) is 38.5 Å².